The molecule has 0 spiro atoms. The van der Waals surface area contributed by atoms with Gasteiger partial charge in [0, 0.05) is 26.6 Å². The smallest absolute Gasteiger partial charge is 0.249 e. The van der Waals surface area contributed by atoms with E-state index in [2.05, 4.69) is 16.0 Å². The molecule has 9 heteroatoms. The number of benzene rings is 3. The number of likely N-dealkylation sites (tertiary alicyclic amines) is 1. The number of hydrogen-bond donors (Lipinski definition) is 4. The van der Waals surface area contributed by atoms with Crippen molar-refractivity contribution in [2.75, 3.05) is 20.2 Å². The standard InChI is InChI=1S/C38H50N4O5/c1-27(2)24-38(41-28(3)43)20-21-42(37(38)46)34(19-18-29-12-7-5-8-13-29)36(45)40-33(23-30-14-9-6-10-15-30)35(44)26-39-25-31-16-11-17-32(22-31)47-4/h5-17,22,27,33-35,39,44H,18-21,23-26H2,1-4H3,(H,40,45)(H,41,43)/t33-,34-,35+,38?/m0/s1. The molecule has 0 radical (unpaired) electrons. The van der Waals surface area contributed by atoms with Crippen LogP contribution in [0.1, 0.15) is 56.7 Å². The van der Waals surface area contributed by atoms with Crippen LogP contribution in [0.25, 0.3) is 0 Å². The second kappa shape index (κ2) is 17.1. The number of ether oxygens (including phenoxy) is 1. The number of hydrogen-bond acceptors (Lipinski definition) is 6. The Balaban J connectivity index is 1.55. The van der Waals surface area contributed by atoms with E-state index < -0.39 is 23.7 Å². The number of aliphatic hydroxyl groups is 1. The van der Waals surface area contributed by atoms with Crippen LogP contribution in [0.4, 0.5) is 0 Å². The number of carbonyl (C=O) groups excluding carboxylic acids is 3. The normalized spacial score (nSPS) is 18.1. The Bertz CT molecular complexity index is 1450. The molecule has 1 heterocycles. The van der Waals surface area contributed by atoms with Gasteiger partial charge in [0.1, 0.15) is 17.3 Å². The molecule has 3 amide bonds. The van der Waals surface area contributed by atoms with Crippen LogP contribution in [0.15, 0.2) is 84.9 Å². The third-order valence-corrected chi connectivity index (χ3v) is 8.76. The zero-order chi connectivity index (χ0) is 33.8. The van der Waals surface area contributed by atoms with Gasteiger partial charge in [-0.05, 0) is 66.8 Å². The molecule has 1 unspecified atom stereocenters. The fourth-order valence-corrected chi connectivity index (χ4v) is 6.58. The summed E-state index contributed by atoms with van der Waals surface area (Å²) in [5.74, 6) is 0.115. The van der Waals surface area contributed by atoms with Gasteiger partial charge in [0.25, 0.3) is 0 Å². The minimum Gasteiger partial charge on any atom is -0.497 e. The first-order valence-electron chi connectivity index (χ1n) is 16.6. The third-order valence-electron chi connectivity index (χ3n) is 8.76. The van der Waals surface area contributed by atoms with Gasteiger partial charge in [-0.1, -0.05) is 86.6 Å². The van der Waals surface area contributed by atoms with E-state index in [9.17, 15) is 19.5 Å². The Morgan fingerprint density at radius 2 is 1.62 bits per heavy atom. The molecule has 4 N–H and O–H groups in total. The van der Waals surface area contributed by atoms with E-state index in [-0.39, 0.29) is 30.2 Å². The molecule has 4 atom stereocenters. The highest BCUT2D eigenvalue weighted by molar-refractivity contribution is 5.96. The Hall–Kier alpha value is -4.21. The quantitative estimate of drug-likeness (QED) is 0.177. The van der Waals surface area contributed by atoms with Crippen molar-refractivity contribution in [2.24, 2.45) is 5.92 Å². The predicted octanol–water partition coefficient (Wildman–Crippen LogP) is 4.03. The van der Waals surface area contributed by atoms with E-state index in [0.29, 0.717) is 45.2 Å². The summed E-state index contributed by atoms with van der Waals surface area (Å²) in [5, 5.41) is 20.9. The van der Waals surface area contributed by atoms with Crippen molar-refractivity contribution in [3.63, 3.8) is 0 Å². The van der Waals surface area contributed by atoms with E-state index in [0.717, 1.165) is 22.4 Å². The molecule has 0 saturated carbocycles. The highest BCUT2D eigenvalue weighted by Gasteiger charge is 2.50. The number of carbonyl (C=O) groups is 3. The second-order valence-corrected chi connectivity index (χ2v) is 13.0. The van der Waals surface area contributed by atoms with Gasteiger partial charge in [-0.2, -0.15) is 0 Å². The fraction of sp³-hybridized carbons (Fsp3) is 0.447. The number of nitrogens with zero attached hydrogens (tertiary/aromatic N) is 1. The maximum absolute atomic E-state index is 14.3. The van der Waals surface area contributed by atoms with Crippen molar-refractivity contribution in [3.05, 3.63) is 102 Å². The highest BCUT2D eigenvalue weighted by Crippen LogP contribution is 2.32. The molecule has 4 rings (SSSR count). The molecule has 9 nitrogen and oxygen atoms in total. The van der Waals surface area contributed by atoms with Crippen molar-refractivity contribution < 1.29 is 24.2 Å². The molecule has 3 aromatic rings. The third kappa shape index (κ3) is 10.1. The zero-order valence-electron chi connectivity index (χ0n) is 28.1. The van der Waals surface area contributed by atoms with Gasteiger partial charge < -0.3 is 30.7 Å². The SMILES string of the molecule is COc1cccc(CNC[C@@H](O)[C@H](Cc2ccccc2)NC(=O)[C@H](CCc2ccccc2)N2CCC(CC(C)C)(NC(C)=O)C2=O)c1. The molecule has 0 bridgehead atoms. The number of nitrogens with one attached hydrogen (secondary N) is 3. The average molecular weight is 643 g/mol. The average Bonchev–Trinajstić information content (AvgIpc) is 3.35. The molecule has 47 heavy (non-hydrogen) atoms. The van der Waals surface area contributed by atoms with Gasteiger partial charge in [-0.3, -0.25) is 14.4 Å². The summed E-state index contributed by atoms with van der Waals surface area (Å²) in [6.45, 7) is 6.59. The molecule has 1 saturated heterocycles. The van der Waals surface area contributed by atoms with Gasteiger partial charge in [-0.25, -0.2) is 0 Å². The van der Waals surface area contributed by atoms with Crippen LogP contribution in [-0.2, 0) is 33.8 Å². The van der Waals surface area contributed by atoms with Gasteiger partial charge in [-0.15, -0.1) is 0 Å². The van der Waals surface area contributed by atoms with E-state index in [4.69, 9.17) is 4.74 Å². The minimum atomic E-state index is -1.04. The van der Waals surface area contributed by atoms with E-state index in [1.807, 2.05) is 98.8 Å². The van der Waals surface area contributed by atoms with Crippen LogP contribution in [0.3, 0.4) is 0 Å². The molecule has 1 aliphatic rings. The molecular weight excluding hydrogens is 592 g/mol. The van der Waals surface area contributed by atoms with E-state index >= 15 is 0 Å². The van der Waals surface area contributed by atoms with Crippen LogP contribution >= 0.6 is 0 Å². The first-order valence-corrected chi connectivity index (χ1v) is 16.6. The summed E-state index contributed by atoms with van der Waals surface area (Å²) in [6.07, 6.45) is 1.42. The fourth-order valence-electron chi connectivity index (χ4n) is 6.58. The summed E-state index contributed by atoms with van der Waals surface area (Å²) >= 11 is 0. The summed E-state index contributed by atoms with van der Waals surface area (Å²) < 4.78 is 5.33. The van der Waals surface area contributed by atoms with Crippen molar-refractivity contribution in [3.8, 4) is 5.75 Å². The Morgan fingerprint density at radius 1 is 0.957 bits per heavy atom. The summed E-state index contributed by atoms with van der Waals surface area (Å²) in [7, 11) is 1.63. The Labute approximate surface area is 279 Å². The van der Waals surface area contributed by atoms with Crippen molar-refractivity contribution in [2.45, 2.75) is 83.1 Å². The van der Waals surface area contributed by atoms with Crippen molar-refractivity contribution in [1.29, 1.82) is 0 Å². The molecule has 252 valence electrons. The van der Waals surface area contributed by atoms with Gasteiger partial charge in [0.05, 0.1) is 19.3 Å². The minimum absolute atomic E-state index is 0.164. The maximum atomic E-state index is 14.3. The summed E-state index contributed by atoms with van der Waals surface area (Å²) in [4.78, 5) is 42.3. The molecule has 1 aliphatic heterocycles. The second-order valence-electron chi connectivity index (χ2n) is 13.0. The first-order chi connectivity index (χ1) is 22.6. The van der Waals surface area contributed by atoms with Crippen LogP contribution < -0.4 is 20.7 Å². The largest absolute Gasteiger partial charge is 0.497 e. The number of methoxy groups -OCH3 is 1. The van der Waals surface area contributed by atoms with Gasteiger partial charge >= 0.3 is 0 Å². The van der Waals surface area contributed by atoms with Crippen molar-refractivity contribution in [1.82, 2.24) is 20.9 Å². The van der Waals surface area contributed by atoms with Gasteiger partial charge in [0.2, 0.25) is 17.7 Å². The number of aliphatic hydroxyl groups excluding tert-OH is 1. The molecule has 1 fully saturated rings. The van der Waals surface area contributed by atoms with Crippen LogP contribution in [0, 0.1) is 5.92 Å². The number of rotatable bonds is 17. The Kier molecular flexibility index (Phi) is 13.0. The lowest BCUT2D eigenvalue weighted by Crippen LogP contribution is -2.59. The molecule has 0 aromatic heterocycles. The predicted molar refractivity (Wildman–Crippen MR) is 184 cm³/mol. The molecular formula is C38H50N4O5. The first kappa shape index (κ1) is 35.6. The lowest BCUT2D eigenvalue weighted by Gasteiger charge is -2.34. The maximum Gasteiger partial charge on any atom is 0.249 e. The molecule has 0 aliphatic carbocycles. The topological polar surface area (TPSA) is 120 Å². The summed E-state index contributed by atoms with van der Waals surface area (Å²) in [5.41, 5.74) is 2.01. The lowest BCUT2D eigenvalue weighted by atomic mass is 9.87. The van der Waals surface area contributed by atoms with E-state index in [1.54, 1.807) is 12.0 Å². The van der Waals surface area contributed by atoms with Crippen molar-refractivity contribution >= 4 is 17.7 Å². The number of aryl methyl sites for hydroxylation is 1. The van der Waals surface area contributed by atoms with Crippen LogP contribution in [0.2, 0.25) is 0 Å². The lowest BCUT2D eigenvalue weighted by molar-refractivity contribution is -0.143. The Morgan fingerprint density at radius 3 is 2.26 bits per heavy atom. The van der Waals surface area contributed by atoms with Gasteiger partial charge in [0.15, 0.2) is 0 Å². The zero-order valence-corrected chi connectivity index (χ0v) is 28.1. The molecule has 3 aromatic carbocycles. The van der Waals surface area contributed by atoms with Crippen LogP contribution in [0.5, 0.6) is 5.75 Å². The highest BCUT2D eigenvalue weighted by atomic mass is 16.5. The number of amides is 3. The van der Waals surface area contributed by atoms with E-state index in [1.165, 1.54) is 6.92 Å². The summed E-state index contributed by atoms with van der Waals surface area (Å²) in [6, 6.07) is 26.0. The monoisotopic (exact) mass is 642 g/mol. The van der Waals surface area contributed by atoms with Crippen LogP contribution in [-0.4, -0.2) is 71.7 Å².